The van der Waals surface area contributed by atoms with E-state index >= 15 is 0 Å². The van der Waals surface area contributed by atoms with Gasteiger partial charge in [-0.25, -0.2) is 0 Å². The van der Waals surface area contributed by atoms with Crippen molar-refractivity contribution in [3.05, 3.63) is 35.4 Å². The fourth-order valence-corrected chi connectivity index (χ4v) is 2.31. The van der Waals surface area contributed by atoms with Crippen LogP contribution in [0.15, 0.2) is 24.3 Å². The second kappa shape index (κ2) is 6.14. The van der Waals surface area contributed by atoms with Gasteiger partial charge in [0.25, 0.3) is 0 Å². The van der Waals surface area contributed by atoms with E-state index in [1.54, 1.807) is 0 Å². The van der Waals surface area contributed by atoms with Crippen molar-refractivity contribution in [1.29, 1.82) is 0 Å². The van der Waals surface area contributed by atoms with Gasteiger partial charge in [-0.15, -0.1) is 0 Å². The molecule has 1 fully saturated rings. The highest BCUT2D eigenvalue weighted by molar-refractivity contribution is 5.25. The van der Waals surface area contributed by atoms with Crippen LogP contribution in [0.5, 0.6) is 0 Å². The van der Waals surface area contributed by atoms with Crippen molar-refractivity contribution in [3.8, 4) is 0 Å². The van der Waals surface area contributed by atoms with Crippen molar-refractivity contribution in [1.82, 2.24) is 4.90 Å². The minimum atomic E-state index is -4.13. The summed E-state index contributed by atoms with van der Waals surface area (Å²) in [6.07, 6.45) is -2.38. The maximum Gasteiger partial charge on any atom is 0.401 e. The normalized spacial score (nSPS) is 17.5. The monoisotopic (exact) mass is 286 g/mol. The number of hydrogen-bond acceptors (Lipinski definition) is 2. The van der Waals surface area contributed by atoms with Crippen LogP contribution in [0.3, 0.4) is 0 Å². The molecule has 5 heteroatoms. The minimum Gasteiger partial charge on any atom is -0.330 e. The van der Waals surface area contributed by atoms with Crippen molar-refractivity contribution in [2.24, 2.45) is 5.73 Å². The zero-order valence-electron chi connectivity index (χ0n) is 11.7. The second-order valence-corrected chi connectivity index (χ2v) is 5.63. The van der Waals surface area contributed by atoms with Crippen molar-refractivity contribution < 1.29 is 13.2 Å². The molecule has 1 atom stereocenters. The van der Waals surface area contributed by atoms with Gasteiger partial charge in [0.15, 0.2) is 0 Å². The summed E-state index contributed by atoms with van der Waals surface area (Å²) >= 11 is 0. The van der Waals surface area contributed by atoms with Gasteiger partial charge < -0.3 is 5.73 Å². The second-order valence-electron chi connectivity index (χ2n) is 5.63. The molecule has 0 bridgehead atoms. The van der Waals surface area contributed by atoms with Crippen molar-refractivity contribution >= 4 is 0 Å². The maximum atomic E-state index is 12.6. The number of rotatable bonds is 6. The summed E-state index contributed by atoms with van der Waals surface area (Å²) < 4.78 is 37.7. The van der Waals surface area contributed by atoms with Crippen LogP contribution in [0.2, 0.25) is 0 Å². The first-order valence-corrected chi connectivity index (χ1v) is 6.99. The molecule has 2 N–H and O–H groups in total. The number of alkyl halides is 3. The lowest BCUT2D eigenvalue weighted by atomic mass is 10.00. The summed E-state index contributed by atoms with van der Waals surface area (Å²) in [5, 5.41) is 0. The minimum absolute atomic E-state index is 0.0965. The number of halogens is 3. The topological polar surface area (TPSA) is 29.3 Å². The molecule has 0 spiro atoms. The molecule has 20 heavy (non-hydrogen) atoms. The molecule has 1 saturated carbocycles. The van der Waals surface area contributed by atoms with Gasteiger partial charge in [-0.3, -0.25) is 4.90 Å². The van der Waals surface area contributed by atoms with E-state index in [1.165, 1.54) is 4.90 Å². The highest BCUT2D eigenvalue weighted by Crippen LogP contribution is 2.31. The molecule has 1 aliphatic rings. The summed E-state index contributed by atoms with van der Waals surface area (Å²) in [5.41, 5.74) is 7.66. The van der Waals surface area contributed by atoms with Crippen LogP contribution >= 0.6 is 0 Å². The molecular weight excluding hydrogens is 265 g/mol. The number of nitrogens with zero attached hydrogens (tertiary/aromatic N) is 1. The average Bonchev–Trinajstić information content (AvgIpc) is 3.20. The summed E-state index contributed by atoms with van der Waals surface area (Å²) in [5.74, 6) is 0.277. The van der Waals surface area contributed by atoms with Crippen molar-refractivity contribution in [2.75, 3.05) is 13.1 Å². The van der Waals surface area contributed by atoms with Crippen LogP contribution in [0.25, 0.3) is 0 Å². The molecule has 112 valence electrons. The highest BCUT2D eigenvalue weighted by atomic mass is 19.4. The van der Waals surface area contributed by atoms with Gasteiger partial charge in [-0.2, -0.15) is 13.2 Å². The fourth-order valence-electron chi connectivity index (χ4n) is 2.31. The maximum absolute atomic E-state index is 12.6. The Kier molecular flexibility index (Phi) is 4.70. The van der Waals surface area contributed by atoms with Crippen LogP contribution in [-0.4, -0.2) is 30.2 Å². The summed E-state index contributed by atoms with van der Waals surface area (Å²) in [4.78, 5) is 1.53. The van der Waals surface area contributed by atoms with Gasteiger partial charge in [0.1, 0.15) is 0 Å². The Morgan fingerprint density at radius 2 is 1.85 bits per heavy atom. The van der Waals surface area contributed by atoms with Crippen LogP contribution in [0.4, 0.5) is 13.2 Å². The van der Waals surface area contributed by atoms with Gasteiger partial charge in [0.05, 0.1) is 6.54 Å². The molecule has 0 heterocycles. The van der Waals surface area contributed by atoms with Gasteiger partial charge in [0, 0.05) is 12.6 Å². The smallest absolute Gasteiger partial charge is 0.330 e. The quantitative estimate of drug-likeness (QED) is 0.869. The Bertz CT molecular complexity index is 424. The lowest BCUT2D eigenvalue weighted by Crippen LogP contribution is -2.35. The van der Waals surface area contributed by atoms with Crippen molar-refractivity contribution in [2.45, 2.75) is 44.4 Å². The lowest BCUT2D eigenvalue weighted by molar-refractivity contribution is -0.148. The summed E-state index contributed by atoms with van der Waals surface area (Å²) in [7, 11) is 0. The zero-order chi connectivity index (χ0) is 14.8. The highest BCUT2D eigenvalue weighted by Gasteiger charge is 2.37. The van der Waals surface area contributed by atoms with Crippen LogP contribution in [0, 0.1) is 0 Å². The van der Waals surface area contributed by atoms with Gasteiger partial charge >= 0.3 is 6.18 Å². The number of benzene rings is 1. The van der Waals surface area contributed by atoms with Crippen LogP contribution in [-0.2, 0) is 6.54 Å². The van der Waals surface area contributed by atoms with E-state index in [1.807, 2.05) is 31.2 Å². The number of hydrogen-bond donors (Lipinski definition) is 1. The molecule has 2 nitrogen and oxygen atoms in total. The van der Waals surface area contributed by atoms with Crippen molar-refractivity contribution in [3.63, 3.8) is 0 Å². The standard InChI is InChI=1S/C15H21F3N2/c1-11(8-19)13-4-2-12(3-5-13)9-20(14-6-7-14)10-15(16,17)18/h2-5,11,14H,6-10,19H2,1H3. The van der Waals surface area contributed by atoms with Gasteiger partial charge in [-0.05, 0) is 36.4 Å². The Morgan fingerprint density at radius 1 is 1.25 bits per heavy atom. The van der Waals surface area contributed by atoms with Crippen LogP contribution in [0.1, 0.15) is 36.8 Å². The first kappa shape index (κ1) is 15.3. The predicted molar refractivity (Wildman–Crippen MR) is 73.4 cm³/mol. The molecule has 0 aliphatic heterocycles. The molecule has 1 aliphatic carbocycles. The first-order valence-electron chi connectivity index (χ1n) is 6.99. The molecule has 1 aromatic carbocycles. The molecule has 1 unspecified atom stereocenters. The molecule has 0 amide bonds. The first-order chi connectivity index (χ1) is 9.39. The Morgan fingerprint density at radius 3 is 2.30 bits per heavy atom. The van der Waals surface area contributed by atoms with E-state index in [0.29, 0.717) is 13.1 Å². The predicted octanol–water partition coefficient (Wildman–Crippen LogP) is 3.28. The van der Waals surface area contributed by atoms with E-state index in [-0.39, 0.29) is 12.0 Å². The molecule has 1 aromatic rings. The van der Waals surface area contributed by atoms with E-state index in [0.717, 1.165) is 24.0 Å². The van der Waals surface area contributed by atoms with E-state index in [2.05, 4.69) is 0 Å². The third kappa shape index (κ3) is 4.49. The summed E-state index contributed by atoms with van der Waals surface area (Å²) in [6.45, 7) is 2.15. The number of nitrogens with two attached hydrogens (primary N) is 1. The van der Waals surface area contributed by atoms with E-state index < -0.39 is 12.7 Å². The van der Waals surface area contributed by atoms with Crippen LogP contribution < -0.4 is 5.73 Å². The Balaban J connectivity index is 2.00. The summed E-state index contributed by atoms with van der Waals surface area (Å²) in [6, 6.07) is 7.84. The largest absolute Gasteiger partial charge is 0.401 e. The lowest BCUT2D eigenvalue weighted by Gasteiger charge is -2.23. The van der Waals surface area contributed by atoms with E-state index in [9.17, 15) is 13.2 Å². The molecule has 0 radical (unpaired) electrons. The van der Waals surface area contributed by atoms with E-state index in [4.69, 9.17) is 5.73 Å². The van der Waals surface area contributed by atoms with Gasteiger partial charge in [-0.1, -0.05) is 31.2 Å². The molecule has 0 saturated heterocycles. The Labute approximate surface area is 117 Å². The Hall–Kier alpha value is -1.07. The third-order valence-corrected chi connectivity index (χ3v) is 3.73. The zero-order valence-corrected chi connectivity index (χ0v) is 11.7. The average molecular weight is 286 g/mol. The molecule has 2 rings (SSSR count). The molecular formula is C15H21F3N2. The third-order valence-electron chi connectivity index (χ3n) is 3.73. The van der Waals surface area contributed by atoms with Gasteiger partial charge in [0.2, 0.25) is 0 Å². The fraction of sp³-hybridized carbons (Fsp3) is 0.600. The SMILES string of the molecule is CC(CN)c1ccc(CN(CC(F)(F)F)C2CC2)cc1. The molecule has 0 aromatic heterocycles.